The molecule has 2 N–H and O–H groups in total. The first-order valence-corrected chi connectivity index (χ1v) is 5.99. The van der Waals surface area contributed by atoms with Crippen LogP contribution in [0, 0.1) is 0 Å². The second-order valence-electron chi connectivity index (χ2n) is 4.09. The SMILES string of the molecule is NC(=O)c1cc2noc(-c3ccccc3)c2cc1Cl. The molecule has 5 heteroatoms. The number of hydrogen-bond acceptors (Lipinski definition) is 3. The summed E-state index contributed by atoms with van der Waals surface area (Å²) in [5, 5.41) is 4.98. The Morgan fingerprint density at radius 3 is 2.63 bits per heavy atom. The number of aromatic nitrogens is 1. The quantitative estimate of drug-likeness (QED) is 0.778. The maximum Gasteiger partial charge on any atom is 0.250 e. The maximum absolute atomic E-state index is 11.2. The number of amides is 1. The lowest BCUT2D eigenvalue weighted by Crippen LogP contribution is -2.11. The summed E-state index contributed by atoms with van der Waals surface area (Å²) in [6.45, 7) is 0. The molecule has 0 aliphatic carbocycles. The first kappa shape index (κ1) is 11.7. The molecule has 1 aromatic heterocycles. The largest absolute Gasteiger partial charge is 0.366 e. The van der Waals surface area contributed by atoms with E-state index in [1.165, 1.54) is 6.07 Å². The van der Waals surface area contributed by atoms with Crippen molar-refractivity contribution in [1.82, 2.24) is 5.16 Å². The van der Waals surface area contributed by atoms with Gasteiger partial charge < -0.3 is 10.3 Å². The molecule has 0 aliphatic rings. The van der Waals surface area contributed by atoms with Gasteiger partial charge in [-0.2, -0.15) is 0 Å². The van der Waals surface area contributed by atoms with Crippen molar-refractivity contribution in [3.8, 4) is 11.3 Å². The number of primary amides is 1. The second-order valence-corrected chi connectivity index (χ2v) is 4.50. The first-order chi connectivity index (χ1) is 9.16. The van der Waals surface area contributed by atoms with E-state index < -0.39 is 5.91 Å². The van der Waals surface area contributed by atoms with Gasteiger partial charge in [-0.15, -0.1) is 0 Å². The van der Waals surface area contributed by atoms with Crippen LogP contribution in [0.25, 0.3) is 22.2 Å². The minimum Gasteiger partial charge on any atom is -0.366 e. The van der Waals surface area contributed by atoms with Gasteiger partial charge in [0.25, 0.3) is 0 Å². The average molecular weight is 273 g/mol. The van der Waals surface area contributed by atoms with Gasteiger partial charge in [0, 0.05) is 5.56 Å². The Labute approximate surface area is 113 Å². The Morgan fingerprint density at radius 2 is 1.95 bits per heavy atom. The van der Waals surface area contributed by atoms with E-state index >= 15 is 0 Å². The van der Waals surface area contributed by atoms with E-state index in [9.17, 15) is 4.79 Å². The van der Waals surface area contributed by atoms with Crippen LogP contribution in [0.1, 0.15) is 10.4 Å². The fourth-order valence-electron chi connectivity index (χ4n) is 1.95. The average Bonchev–Trinajstić information content (AvgIpc) is 2.81. The topological polar surface area (TPSA) is 69.1 Å². The number of hydrogen-bond donors (Lipinski definition) is 1. The molecule has 4 nitrogen and oxygen atoms in total. The summed E-state index contributed by atoms with van der Waals surface area (Å²) in [5.74, 6) is 0.0321. The van der Waals surface area contributed by atoms with Crippen molar-refractivity contribution < 1.29 is 9.32 Å². The highest BCUT2D eigenvalue weighted by Gasteiger charge is 2.15. The van der Waals surface area contributed by atoms with Crippen molar-refractivity contribution in [2.45, 2.75) is 0 Å². The number of halogens is 1. The fraction of sp³-hybridized carbons (Fsp3) is 0. The summed E-state index contributed by atoms with van der Waals surface area (Å²) in [4.78, 5) is 11.2. The van der Waals surface area contributed by atoms with Crippen LogP contribution in [0.3, 0.4) is 0 Å². The van der Waals surface area contributed by atoms with Crippen LogP contribution in [-0.2, 0) is 0 Å². The van der Waals surface area contributed by atoms with Crippen molar-refractivity contribution in [1.29, 1.82) is 0 Å². The van der Waals surface area contributed by atoms with Crippen LogP contribution in [0.4, 0.5) is 0 Å². The van der Waals surface area contributed by atoms with Crippen LogP contribution in [-0.4, -0.2) is 11.1 Å². The summed E-state index contributed by atoms with van der Waals surface area (Å²) in [7, 11) is 0. The molecule has 0 aliphatic heterocycles. The number of nitrogens with zero attached hydrogens (tertiary/aromatic N) is 1. The minimum atomic E-state index is -0.587. The third-order valence-corrected chi connectivity index (χ3v) is 3.18. The third-order valence-electron chi connectivity index (χ3n) is 2.87. The molecule has 0 saturated heterocycles. The van der Waals surface area contributed by atoms with E-state index in [0.717, 1.165) is 10.9 Å². The van der Waals surface area contributed by atoms with Gasteiger partial charge in [0.2, 0.25) is 5.91 Å². The van der Waals surface area contributed by atoms with Crippen LogP contribution >= 0.6 is 11.6 Å². The summed E-state index contributed by atoms with van der Waals surface area (Å²) in [6.07, 6.45) is 0. The highest BCUT2D eigenvalue weighted by molar-refractivity contribution is 6.34. The van der Waals surface area contributed by atoms with Crippen LogP contribution < -0.4 is 5.73 Å². The molecular formula is C14H9ClN2O2. The van der Waals surface area contributed by atoms with E-state index in [-0.39, 0.29) is 5.56 Å². The summed E-state index contributed by atoms with van der Waals surface area (Å²) in [6, 6.07) is 12.7. The van der Waals surface area contributed by atoms with Gasteiger partial charge >= 0.3 is 0 Å². The molecule has 3 rings (SSSR count). The maximum atomic E-state index is 11.2. The first-order valence-electron chi connectivity index (χ1n) is 5.61. The normalized spacial score (nSPS) is 10.8. The predicted octanol–water partition coefficient (Wildman–Crippen LogP) is 3.25. The highest BCUT2D eigenvalue weighted by Crippen LogP contribution is 2.32. The van der Waals surface area contributed by atoms with Crippen LogP contribution in [0.2, 0.25) is 5.02 Å². The zero-order valence-corrected chi connectivity index (χ0v) is 10.5. The second kappa shape index (κ2) is 4.40. The molecule has 0 unspecified atom stereocenters. The van der Waals surface area contributed by atoms with Gasteiger partial charge in [-0.05, 0) is 12.1 Å². The fourth-order valence-corrected chi connectivity index (χ4v) is 2.21. The number of rotatable bonds is 2. The predicted molar refractivity (Wildman–Crippen MR) is 73.0 cm³/mol. The van der Waals surface area contributed by atoms with Gasteiger partial charge in [-0.1, -0.05) is 47.1 Å². The standard InChI is InChI=1S/C14H9ClN2O2/c15-11-6-10-12(7-9(11)14(16)18)17-19-13(10)8-4-2-1-3-5-8/h1-7H,(H2,16,18). The lowest BCUT2D eigenvalue weighted by Gasteiger charge is -2.00. The molecule has 1 amide bonds. The van der Waals surface area contributed by atoms with Gasteiger partial charge in [-0.3, -0.25) is 4.79 Å². The Hall–Kier alpha value is -2.33. The minimum absolute atomic E-state index is 0.238. The molecule has 1 heterocycles. The summed E-state index contributed by atoms with van der Waals surface area (Å²) in [5.41, 5.74) is 6.93. The lowest BCUT2D eigenvalue weighted by atomic mass is 10.1. The molecule has 0 atom stereocenters. The summed E-state index contributed by atoms with van der Waals surface area (Å²) >= 11 is 6.04. The molecule has 19 heavy (non-hydrogen) atoms. The van der Waals surface area contributed by atoms with Gasteiger partial charge in [0.1, 0.15) is 5.52 Å². The van der Waals surface area contributed by atoms with Gasteiger partial charge in [0.05, 0.1) is 16.0 Å². The molecule has 0 radical (unpaired) electrons. The number of benzene rings is 2. The smallest absolute Gasteiger partial charge is 0.250 e. The Kier molecular flexibility index (Phi) is 2.72. The van der Waals surface area contributed by atoms with Gasteiger partial charge in [0.15, 0.2) is 5.76 Å². The highest BCUT2D eigenvalue weighted by atomic mass is 35.5. The van der Waals surface area contributed by atoms with E-state index in [4.69, 9.17) is 21.9 Å². The molecule has 3 aromatic rings. The number of nitrogens with two attached hydrogens (primary N) is 1. The van der Waals surface area contributed by atoms with E-state index in [1.54, 1.807) is 6.07 Å². The monoisotopic (exact) mass is 272 g/mol. The van der Waals surface area contributed by atoms with Crippen molar-refractivity contribution in [3.63, 3.8) is 0 Å². The summed E-state index contributed by atoms with van der Waals surface area (Å²) < 4.78 is 5.33. The van der Waals surface area contributed by atoms with Crippen molar-refractivity contribution in [2.24, 2.45) is 5.73 Å². The van der Waals surface area contributed by atoms with E-state index in [1.807, 2.05) is 30.3 Å². The third kappa shape index (κ3) is 1.96. The molecule has 0 fully saturated rings. The van der Waals surface area contributed by atoms with Gasteiger partial charge in [-0.25, -0.2) is 0 Å². The molecule has 0 saturated carbocycles. The Balaban J connectivity index is 2.25. The number of carbonyl (C=O) groups is 1. The van der Waals surface area contributed by atoms with Crippen molar-refractivity contribution in [3.05, 3.63) is 53.1 Å². The zero-order chi connectivity index (χ0) is 13.4. The van der Waals surface area contributed by atoms with Crippen molar-refractivity contribution in [2.75, 3.05) is 0 Å². The molecule has 0 bridgehead atoms. The molecule has 0 spiro atoms. The Morgan fingerprint density at radius 1 is 1.21 bits per heavy atom. The zero-order valence-electron chi connectivity index (χ0n) is 9.76. The molecule has 2 aromatic carbocycles. The number of carbonyl (C=O) groups excluding carboxylic acids is 1. The van der Waals surface area contributed by atoms with Crippen molar-refractivity contribution >= 4 is 28.4 Å². The molecule has 94 valence electrons. The number of fused-ring (bicyclic) bond motifs is 1. The molecular weight excluding hydrogens is 264 g/mol. The Bertz CT molecular complexity index is 766. The lowest BCUT2D eigenvalue weighted by molar-refractivity contribution is 0.100. The van der Waals surface area contributed by atoms with E-state index in [0.29, 0.717) is 16.3 Å². The van der Waals surface area contributed by atoms with E-state index in [2.05, 4.69) is 5.16 Å². The van der Waals surface area contributed by atoms with Crippen LogP contribution in [0.15, 0.2) is 47.0 Å². The van der Waals surface area contributed by atoms with Crippen LogP contribution in [0.5, 0.6) is 0 Å².